The maximum absolute atomic E-state index is 12.1. The number of halogens is 1. The third-order valence-electron chi connectivity index (χ3n) is 8.30. The van der Waals surface area contributed by atoms with Crippen molar-refractivity contribution in [1.29, 1.82) is 0 Å². The highest BCUT2D eigenvalue weighted by molar-refractivity contribution is 5.93. The largest absolute Gasteiger partial charge is 0.457 e. The lowest BCUT2D eigenvalue weighted by Gasteiger charge is -2.04. The third-order valence-corrected chi connectivity index (χ3v) is 8.30. The molecule has 0 unspecified atom stereocenters. The van der Waals surface area contributed by atoms with E-state index in [4.69, 9.17) is 4.74 Å². The van der Waals surface area contributed by atoms with Gasteiger partial charge in [-0.2, -0.15) is 0 Å². The van der Waals surface area contributed by atoms with Crippen LogP contribution < -0.4 is 4.74 Å². The molecule has 0 spiro atoms. The summed E-state index contributed by atoms with van der Waals surface area (Å²) < 4.78 is 17.7. The Balaban J connectivity index is 0.000000239. The molecular weight excluding hydrogens is 700 g/mol. The van der Waals surface area contributed by atoms with Crippen molar-refractivity contribution in [2.24, 2.45) is 0 Å². The van der Waals surface area contributed by atoms with Gasteiger partial charge in [0.25, 0.3) is 0 Å². The zero-order valence-corrected chi connectivity index (χ0v) is 35.0. The van der Waals surface area contributed by atoms with Crippen molar-refractivity contribution in [2.45, 2.75) is 61.8 Å². The summed E-state index contributed by atoms with van der Waals surface area (Å²) in [5, 5.41) is 0. The van der Waals surface area contributed by atoms with Gasteiger partial charge in [-0.15, -0.1) is 0 Å². The van der Waals surface area contributed by atoms with Crippen molar-refractivity contribution in [3.63, 3.8) is 0 Å². The summed E-state index contributed by atoms with van der Waals surface area (Å²) in [7, 11) is 0. The lowest BCUT2D eigenvalue weighted by atomic mass is 10.1. The predicted octanol–water partition coefficient (Wildman–Crippen LogP) is 15.4. The maximum atomic E-state index is 12.1. The summed E-state index contributed by atoms with van der Waals surface area (Å²) in [4.78, 5) is 10.6. The van der Waals surface area contributed by atoms with E-state index in [0.29, 0.717) is 0 Å². The Labute approximate surface area is 342 Å². The lowest BCUT2D eigenvalue weighted by Crippen LogP contribution is -1.88. The van der Waals surface area contributed by atoms with E-state index in [0.717, 1.165) is 29.0 Å². The summed E-state index contributed by atoms with van der Waals surface area (Å²) in [6.07, 6.45) is 5.26. The molecule has 0 bridgehead atoms. The van der Waals surface area contributed by atoms with Gasteiger partial charge in [-0.3, -0.25) is 4.79 Å². The fraction of sp³-hybridized carbons (Fsp3) is 0.167. The van der Waals surface area contributed by atoms with E-state index in [1.54, 1.807) is 19.1 Å². The molecule has 0 saturated carbocycles. The van der Waals surface area contributed by atoms with Gasteiger partial charge in [0.1, 0.15) is 17.3 Å². The number of hydrogen-bond donors (Lipinski definition) is 0. The summed E-state index contributed by atoms with van der Waals surface area (Å²) >= 11 is 0. The minimum Gasteiger partial charge on any atom is -0.457 e. The van der Waals surface area contributed by atoms with E-state index < -0.39 is 0 Å². The van der Waals surface area contributed by atoms with Crippen LogP contribution in [0.15, 0.2) is 194 Å². The number of hydrogen-bond acceptors (Lipinski definition) is 2. The highest BCUT2D eigenvalue weighted by Crippen LogP contribution is 2.20. The molecule has 7 aromatic rings. The fourth-order valence-electron chi connectivity index (χ4n) is 4.68. The minimum atomic E-state index is -0.171. The first-order chi connectivity index (χ1) is 27.5. The molecule has 0 amide bonds. The van der Waals surface area contributed by atoms with Crippen LogP contribution >= 0.6 is 0 Å². The highest BCUT2D eigenvalue weighted by atomic mass is 19.1. The summed E-state index contributed by atoms with van der Waals surface area (Å²) in [6, 6.07) is 60.7. The van der Waals surface area contributed by atoms with Crippen LogP contribution in [0.2, 0.25) is 0 Å². The van der Waals surface area contributed by atoms with Crippen LogP contribution in [0.5, 0.6) is 11.5 Å². The molecular formula is C54H59FO2. The van der Waals surface area contributed by atoms with Crippen molar-refractivity contribution >= 4 is 11.9 Å². The topological polar surface area (TPSA) is 26.3 Å². The van der Waals surface area contributed by atoms with Gasteiger partial charge in [-0.25, -0.2) is 4.39 Å². The molecule has 294 valence electrons. The smallest absolute Gasteiger partial charge is 0.159 e. The van der Waals surface area contributed by atoms with Crippen LogP contribution in [0.1, 0.15) is 70.1 Å². The molecule has 2 nitrogen and oxygen atoms in total. The van der Waals surface area contributed by atoms with Crippen molar-refractivity contribution in [3.8, 4) is 11.5 Å². The molecule has 0 fully saturated rings. The van der Waals surface area contributed by atoms with Gasteiger partial charge in [0.2, 0.25) is 0 Å². The van der Waals surface area contributed by atoms with Crippen LogP contribution in [0.25, 0.3) is 6.08 Å². The maximum Gasteiger partial charge on any atom is 0.159 e. The number of benzene rings is 7. The Kier molecular flexibility index (Phi) is 23.1. The second-order valence-electron chi connectivity index (χ2n) is 13.3. The van der Waals surface area contributed by atoms with Gasteiger partial charge in [0.15, 0.2) is 5.78 Å². The predicted molar refractivity (Wildman–Crippen MR) is 243 cm³/mol. The van der Waals surface area contributed by atoms with Crippen molar-refractivity contribution in [3.05, 3.63) is 244 Å². The van der Waals surface area contributed by atoms with Crippen molar-refractivity contribution in [1.82, 2.24) is 0 Å². The molecule has 7 aromatic carbocycles. The van der Waals surface area contributed by atoms with E-state index in [-0.39, 0.29) is 11.6 Å². The Morgan fingerprint density at radius 1 is 0.509 bits per heavy atom. The Bertz CT molecular complexity index is 2050. The first-order valence-electron chi connectivity index (χ1n) is 19.3. The second kappa shape index (κ2) is 28.1. The number of rotatable bonds is 5. The molecule has 7 rings (SSSR count). The highest BCUT2D eigenvalue weighted by Gasteiger charge is 1.95. The molecule has 0 aromatic heterocycles. The van der Waals surface area contributed by atoms with E-state index >= 15 is 0 Å². The molecule has 0 heterocycles. The fourth-order valence-corrected chi connectivity index (χ4v) is 4.68. The number of ether oxygens (including phenoxy) is 1. The van der Waals surface area contributed by atoms with Gasteiger partial charge in [-0.05, 0) is 114 Å². The number of carbonyl (C=O) groups is 1. The van der Waals surface area contributed by atoms with Gasteiger partial charge in [0.05, 0.1) is 0 Å². The van der Waals surface area contributed by atoms with Gasteiger partial charge in [0, 0.05) is 5.56 Å². The van der Waals surface area contributed by atoms with Gasteiger partial charge < -0.3 is 4.74 Å². The van der Waals surface area contributed by atoms with E-state index in [2.05, 4.69) is 101 Å². The average molecular weight is 759 g/mol. The lowest BCUT2D eigenvalue weighted by molar-refractivity contribution is 0.101. The molecule has 3 heteroatoms. The van der Waals surface area contributed by atoms with Crippen LogP contribution in [0, 0.1) is 40.4 Å². The van der Waals surface area contributed by atoms with E-state index in [9.17, 15) is 9.18 Å². The first-order valence-corrected chi connectivity index (χ1v) is 19.3. The van der Waals surface area contributed by atoms with Gasteiger partial charge >= 0.3 is 0 Å². The number of ketones is 1. The quantitative estimate of drug-likeness (QED) is 0.163. The molecule has 57 heavy (non-hydrogen) atoms. The SMILES string of the molecule is C/C=C/c1ccccc1.CC(=O)c1ccccc1.CCc1ccc(C)cc1.Cc1ccc(F)cc1.Cc1ccc(Oc2ccccc2)cc1.Cc1ccccc1C. The normalized spacial score (nSPS) is 9.56. The van der Waals surface area contributed by atoms with Crippen LogP contribution in [-0.2, 0) is 6.42 Å². The zero-order chi connectivity index (χ0) is 41.7. The molecule has 0 aliphatic heterocycles. The van der Waals surface area contributed by atoms with E-state index in [1.807, 2.05) is 123 Å². The number of para-hydroxylation sites is 1. The summed E-state index contributed by atoms with van der Waals surface area (Å²) in [5.41, 5.74) is 9.86. The molecule has 0 aliphatic rings. The monoisotopic (exact) mass is 758 g/mol. The summed E-state index contributed by atoms with van der Waals surface area (Å²) in [5.74, 6) is 1.70. The van der Waals surface area contributed by atoms with E-state index in [1.165, 1.54) is 45.5 Å². The zero-order valence-electron chi connectivity index (χ0n) is 35.0. The first kappa shape index (κ1) is 46.8. The summed E-state index contributed by atoms with van der Waals surface area (Å²) in [6.45, 7) is 16.1. The molecule has 0 saturated heterocycles. The molecule has 0 N–H and O–H groups in total. The van der Waals surface area contributed by atoms with Crippen molar-refractivity contribution in [2.75, 3.05) is 0 Å². The number of carbonyl (C=O) groups excluding carboxylic acids is 1. The van der Waals surface area contributed by atoms with Crippen LogP contribution in [0.3, 0.4) is 0 Å². The number of aryl methyl sites for hydroxylation is 6. The Morgan fingerprint density at radius 3 is 1.28 bits per heavy atom. The van der Waals surface area contributed by atoms with Gasteiger partial charge in [-0.1, -0.05) is 187 Å². The van der Waals surface area contributed by atoms with Crippen LogP contribution in [0.4, 0.5) is 4.39 Å². The molecule has 0 atom stereocenters. The van der Waals surface area contributed by atoms with Crippen LogP contribution in [-0.4, -0.2) is 5.78 Å². The van der Waals surface area contributed by atoms with Crippen molar-refractivity contribution < 1.29 is 13.9 Å². The minimum absolute atomic E-state index is 0.121. The Hall–Kier alpha value is -6.32. The number of allylic oxidation sites excluding steroid dienone is 1. The number of Topliss-reactive ketones (excluding diaryl/α,β-unsaturated/α-hetero) is 1. The standard InChI is InChI=1S/C13H12O.C9H12.C9H10.C8H8O.C8H10.C7H7F/c1-11-7-9-13(10-8-11)14-12-5-3-2-4-6-12;1-3-9-6-4-8(2)5-7-9;1-2-6-9-7-4-3-5-8-9;1-7(9)8-5-3-2-4-6-8;1-7-5-3-4-6-8(7)2;1-6-2-4-7(8)5-3-6/h2-10H,1H3;4-7H,3H2,1-2H3;2-8H,1H3;2-6H,1H3;3-6H,1-2H3;2-5H,1H3/b;;6-2+;;;. The molecule has 0 aliphatic carbocycles. The average Bonchev–Trinajstić information content (AvgIpc) is 3.24. The third kappa shape index (κ3) is 22.0. The Morgan fingerprint density at radius 2 is 0.895 bits per heavy atom. The second-order valence-corrected chi connectivity index (χ2v) is 13.3. The molecule has 0 radical (unpaired) electrons.